The van der Waals surface area contributed by atoms with E-state index in [-0.39, 0.29) is 10.8 Å². The fourth-order valence-electron chi connectivity index (χ4n) is 1.43. The normalized spacial score (nSPS) is 11.3. The van der Waals surface area contributed by atoms with Crippen molar-refractivity contribution in [1.29, 1.82) is 0 Å². The van der Waals surface area contributed by atoms with E-state index in [0.717, 1.165) is 6.20 Å². The van der Waals surface area contributed by atoms with Crippen LogP contribution in [0.25, 0.3) is 0 Å². The molecule has 0 aromatic carbocycles. The van der Waals surface area contributed by atoms with E-state index in [4.69, 9.17) is 16.3 Å². The summed E-state index contributed by atoms with van der Waals surface area (Å²) in [4.78, 5) is 14.0. The third kappa shape index (κ3) is 3.83. The molecule has 0 amide bonds. The Hall–Kier alpha value is -1.40. The van der Waals surface area contributed by atoms with Crippen molar-refractivity contribution < 1.29 is 9.66 Å². The second-order valence-corrected chi connectivity index (χ2v) is 4.61. The standard InChI is InChI=1S/C10H14ClN3O3/c1-10(2,6-17-3)13-7-4-9(11)12-5-8(7)14(15)16/h4-5H,6H2,1-3H3,(H,12,13). The van der Waals surface area contributed by atoms with Crippen LogP contribution in [0.1, 0.15) is 13.8 Å². The topological polar surface area (TPSA) is 77.3 Å². The van der Waals surface area contributed by atoms with Crippen LogP contribution in [-0.4, -0.2) is 29.2 Å². The lowest BCUT2D eigenvalue weighted by molar-refractivity contribution is -0.384. The van der Waals surface area contributed by atoms with Gasteiger partial charge in [0.1, 0.15) is 17.0 Å². The molecule has 0 radical (unpaired) electrons. The van der Waals surface area contributed by atoms with Crippen LogP contribution in [0.4, 0.5) is 11.4 Å². The number of ether oxygens (including phenoxy) is 1. The fraction of sp³-hybridized carbons (Fsp3) is 0.500. The van der Waals surface area contributed by atoms with Gasteiger partial charge in [0.05, 0.1) is 17.1 Å². The number of halogens is 1. The van der Waals surface area contributed by atoms with Gasteiger partial charge in [-0.2, -0.15) is 0 Å². The number of rotatable bonds is 5. The van der Waals surface area contributed by atoms with E-state index in [1.54, 1.807) is 7.11 Å². The van der Waals surface area contributed by atoms with E-state index in [1.165, 1.54) is 6.07 Å². The van der Waals surface area contributed by atoms with Crippen molar-refractivity contribution in [3.8, 4) is 0 Å². The molecule has 7 heteroatoms. The minimum Gasteiger partial charge on any atom is -0.382 e. The number of hydrogen-bond acceptors (Lipinski definition) is 5. The molecular formula is C10H14ClN3O3. The van der Waals surface area contributed by atoms with E-state index >= 15 is 0 Å². The molecule has 0 saturated carbocycles. The van der Waals surface area contributed by atoms with Crippen molar-refractivity contribution in [2.75, 3.05) is 19.0 Å². The van der Waals surface area contributed by atoms with Crippen molar-refractivity contribution >= 4 is 23.0 Å². The van der Waals surface area contributed by atoms with Crippen LogP contribution in [0.15, 0.2) is 12.3 Å². The molecule has 0 bridgehead atoms. The minimum atomic E-state index is -0.505. The first kappa shape index (κ1) is 13.7. The number of nitro groups is 1. The first-order valence-electron chi connectivity index (χ1n) is 4.93. The lowest BCUT2D eigenvalue weighted by Gasteiger charge is -2.26. The quantitative estimate of drug-likeness (QED) is 0.499. The van der Waals surface area contributed by atoms with Gasteiger partial charge in [0.15, 0.2) is 0 Å². The van der Waals surface area contributed by atoms with E-state index in [2.05, 4.69) is 10.3 Å². The lowest BCUT2D eigenvalue weighted by Crippen LogP contribution is -2.36. The maximum absolute atomic E-state index is 10.8. The summed E-state index contributed by atoms with van der Waals surface area (Å²) < 4.78 is 5.03. The predicted molar refractivity (Wildman–Crippen MR) is 65.5 cm³/mol. The van der Waals surface area contributed by atoms with E-state index in [0.29, 0.717) is 12.3 Å². The maximum Gasteiger partial charge on any atom is 0.310 e. The van der Waals surface area contributed by atoms with Crippen molar-refractivity contribution in [1.82, 2.24) is 4.98 Å². The predicted octanol–water partition coefficient (Wildman–Crippen LogP) is 2.48. The molecule has 1 aromatic rings. The van der Waals surface area contributed by atoms with Gasteiger partial charge in [0.2, 0.25) is 0 Å². The smallest absolute Gasteiger partial charge is 0.310 e. The number of nitrogens with zero attached hydrogens (tertiary/aromatic N) is 2. The molecule has 0 aliphatic heterocycles. The number of nitrogens with one attached hydrogen (secondary N) is 1. The Labute approximate surface area is 104 Å². The van der Waals surface area contributed by atoms with E-state index in [9.17, 15) is 10.1 Å². The highest BCUT2D eigenvalue weighted by Crippen LogP contribution is 2.28. The molecular weight excluding hydrogens is 246 g/mol. The van der Waals surface area contributed by atoms with Crippen molar-refractivity contribution in [3.05, 3.63) is 27.5 Å². The molecule has 1 N–H and O–H groups in total. The Morgan fingerprint density at radius 1 is 1.65 bits per heavy atom. The summed E-state index contributed by atoms with van der Waals surface area (Å²) in [5.41, 5.74) is -0.222. The number of aromatic nitrogens is 1. The minimum absolute atomic E-state index is 0.112. The van der Waals surface area contributed by atoms with E-state index < -0.39 is 10.5 Å². The average Bonchev–Trinajstić information content (AvgIpc) is 2.15. The molecule has 0 atom stereocenters. The third-order valence-corrected chi connectivity index (χ3v) is 2.23. The summed E-state index contributed by atoms with van der Waals surface area (Å²) in [5, 5.41) is 14.0. The van der Waals surface area contributed by atoms with Gasteiger partial charge in [-0.1, -0.05) is 11.6 Å². The molecule has 6 nitrogen and oxygen atoms in total. The summed E-state index contributed by atoms with van der Waals surface area (Å²) in [7, 11) is 1.57. The Kier molecular flexibility index (Phi) is 4.25. The highest BCUT2D eigenvalue weighted by Gasteiger charge is 2.23. The number of pyridine rings is 1. The van der Waals surface area contributed by atoms with Crippen molar-refractivity contribution in [2.24, 2.45) is 0 Å². The zero-order chi connectivity index (χ0) is 13.1. The second-order valence-electron chi connectivity index (χ2n) is 4.22. The highest BCUT2D eigenvalue weighted by atomic mass is 35.5. The molecule has 0 aliphatic carbocycles. The van der Waals surface area contributed by atoms with Crippen LogP contribution in [-0.2, 0) is 4.74 Å². The van der Waals surface area contributed by atoms with Crippen LogP contribution in [0.5, 0.6) is 0 Å². The van der Waals surface area contributed by atoms with Crippen LogP contribution >= 0.6 is 11.6 Å². The summed E-state index contributed by atoms with van der Waals surface area (Å²) in [5.74, 6) is 0. The van der Waals surface area contributed by atoms with Crippen LogP contribution < -0.4 is 5.32 Å². The first-order valence-corrected chi connectivity index (χ1v) is 5.30. The Morgan fingerprint density at radius 3 is 2.82 bits per heavy atom. The van der Waals surface area contributed by atoms with Gasteiger partial charge in [-0.25, -0.2) is 4.98 Å². The van der Waals surface area contributed by atoms with Gasteiger partial charge in [-0.3, -0.25) is 10.1 Å². The maximum atomic E-state index is 10.8. The Balaban J connectivity index is 3.04. The highest BCUT2D eigenvalue weighted by molar-refractivity contribution is 6.29. The Morgan fingerprint density at radius 2 is 2.29 bits per heavy atom. The Bertz CT molecular complexity index is 423. The molecule has 1 rings (SSSR count). The summed E-state index contributed by atoms with van der Waals surface area (Å²) >= 11 is 5.72. The molecule has 17 heavy (non-hydrogen) atoms. The van der Waals surface area contributed by atoms with Crippen molar-refractivity contribution in [2.45, 2.75) is 19.4 Å². The molecule has 0 aliphatic rings. The van der Waals surface area contributed by atoms with Gasteiger partial charge in [0.25, 0.3) is 0 Å². The molecule has 0 spiro atoms. The summed E-state index contributed by atoms with van der Waals surface area (Å²) in [6, 6.07) is 1.43. The summed E-state index contributed by atoms with van der Waals surface area (Å²) in [6.45, 7) is 4.15. The van der Waals surface area contributed by atoms with Gasteiger partial charge >= 0.3 is 5.69 Å². The molecule has 0 saturated heterocycles. The summed E-state index contributed by atoms with van der Waals surface area (Å²) in [6.07, 6.45) is 1.13. The largest absolute Gasteiger partial charge is 0.382 e. The second kappa shape index (κ2) is 5.29. The fourth-order valence-corrected chi connectivity index (χ4v) is 1.59. The number of methoxy groups -OCH3 is 1. The first-order chi connectivity index (χ1) is 7.85. The molecule has 0 unspecified atom stereocenters. The van der Waals surface area contributed by atoms with Gasteiger partial charge in [-0.15, -0.1) is 0 Å². The van der Waals surface area contributed by atoms with Crippen molar-refractivity contribution in [3.63, 3.8) is 0 Å². The van der Waals surface area contributed by atoms with E-state index in [1.807, 2.05) is 13.8 Å². The van der Waals surface area contributed by atoms with Gasteiger partial charge < -0.3 is 10.1 Å². The average molecular weight is 260 g/mol. The SMILES string of the molecule is COCC(C)(C)Nc1cc(Cl)ncc1[N+](=O)[O-]. The number of anilines is 1. The molecule has 0 fully saturated rings. The van der Waals surface area contributed by atoms with Crippen LogP contribution in [0.2, 0.25) is 5.15 Å². The molecule has 1 heterocycles. The number of hydrogen-bond donors (Lipinski definition) is 1. The monoisotopic (exact) mass is 259 g/mol. The molecule has 1 aromatic heterocycles. The van der Waals surface area contributed by atoms with Crippen LogP contribution in [0, 0.1) is 10.1 Å². The zero-order valence-electron chi connectivity index (χ0n) is 9.86. The molecule has 94 valence electrons. The zero-order valence-corrected chi connectivity index (χ0v) is 10.6. The van der Waals surface area contributed by atoms with Crippen LogP contribution in [0.3, 0.4) is 0 Å². The lowest BCUT2D eigenvalue weighted by atomic mass is 10.1. The van der Waals surface area contributed by atoms with Gasteiger partial charge in [-0.05, 0) is 13.8 Å². The van der Waals surface area contributed by atoms with Gasteiger partial charge in [0, 0.05) is 13.2 Å². The third-order valence-electron chi connectivity index (χ3n) is 2.02.